The number of carbonyl (C=O) groups excluding carboxylic acids is 2. The summed E-state index contributed by atoms with van der Waals surface area (Å²) in [5.74, 6) is 0.105. The SMILES string of the molecule is O=CCCCCCCCCCCCCCCC(=O)NCCOCCOCCO. The summed E-state index contributed by atoms with van der Waals surface area (Å²) in [6.07, 6.45) is 17.0. The molecule has 0 aliphatic carbocycles. The molecule has 0 rings (SSSR count). The van der Waals surface area contributed by atoms with Crippen LogP contribution in [0.3, 0.4) is 0 Å². The molecule has 0 saturated heterocycles. The van der Waals surface area contributed by atoms with Gasteiger partial charge in [0.2, 0.25) is 5.91 Å². The average Bonchev–Trinajstić information content (AvgIpc) is 2.70. The van der Waals surface area contributed by atoms with Crippen molar-refractivity contribution in [2.24, 2.45) is 0 Å². The zero-order valence-electron chi connectivity index (χ0n) is 17.8. The van der Waals surface area contributed by atoms with Crippen LogP contribution in [0.5, 0.6) is 0 Å². The molecule has 0 aliphatic heterocycles. The molecule has 0 aromatic heterocycles. The molecule has 0 aliphatic rings. The predicted molar refractivity (Wildman–Crippen MR) is 112 cm³/mol. The van der Waals surface area contributed by atoms with Crippen molar-refractivity contribution in [2.45, 2.75) is 89.9 Å². The number of aldehydes is 1. The highest BCUT2D eigenvalue weighted by molar-refractivity contribution is 5.75. The third-order valence-electron chi connectivity index (χ3n) is 4.65. The molecule has 0 saturated carbocycles. The topological polar surface area (TPSA) is 84.9 Å². The largest absolute Gasteiger partial charge is 0.394 e. The maximum absolute atomic E-state index is 11.7. The van der Waals surface area contributed by atoms with Crippen LogP contribution in [-0.4, -0.2) is 56.9 Å². The third kappa shape index (κ3) is 23.1. The van der Waals surface area contributed by atoms with Gasteiger partial charge in [-0.25, -0.2) is 0 Å². The highest BCUT2D eigenvalue weighted by Crippen LogP contribution is 2.12. The monoisotopic (exact) mass is 401 g/mol. The van der Waals surface area contributed by atoms with Crippen molar-refractivity contribution in [3.8, 4) is 0 Å². The van der Waals surface area contributed by atoms with Crippen LogP contribution < -0.4 is 5.32 Å². The lowest BCUT2D eigenvalue weighted by molar-refractivity contribution is -0.121. The van der Waals surface area contributed by atoms with Gasteiger partial charge in [-0.3, -0.25) is 4.79 Å². The molecule has 6 nitrogen and oxygen atoms in total. The van der Waals surface area contributed by atoms with Crippen LogP contribution in [0.25, 0.3) is 0 Å². The molecule has 6 heteroatoms. The Labute approximate surface area is 171 Å². The number of nitrogens with one attached hydrogen (secondary N) is 1. The number of amides is 1. The number of aliphatic hydroxyl groups is 1. The number of ether oxygens (including phenoxy) is 2. The number of unbranched alkanes of at least 4 members (excludes halogenated alkanes) is 12. The van der Waals surface area contributed by atoms with E-state index >= 15 is 0 Å². The van der Waals surface area contributed by atoms with Crippen LogP contribution in [0.1, 0.15) is 89.9 Å². The van der Waals surface area contributed by atoms with Gasteiger partial charge in [0.05, 0.1) is 33.0 Å². The number of carbonyl (C=O) groups is 2. The Bertz CT molecular complexity index is 339. The van der Waals surface area contributed by atoms with Gasteiger partial charge in [0.25, 0.3) is 0 Å². The zero-order chi connectivity index (χ0) is 20.5. The van der Waals surface area contributed by atoms with Crippen molar-refractivity contribution in [3.05, 3.63) is 0 Å². The molecular weight excluding hydrogens is 358 g/mol. The van der Waals surface area contributed by atoms with Gasteiger partial charge in [0.1, 0.15) is 6.29 Å². The van der Waals surface area contributed by atoms with Crippen molar-refractivity contribution in [3.63, 3.8) is 0 Å². The van der Waals surface area contributed by atoms with E-state index in [-0.39, 0.29) is 12.5 Å². The second-order valence-corrected chi connectivity index (χ2v) is 7.25. The molecule has 2 N–H and O–H groups in total. The predicted octanol–water partition coefficient (Wildman–Crippen LogP) is 3.79. The molecule has 28 heavy (non-hydrogen) atoms. The number of aliphatic hydroxyl groups excluding tert-OH is 1. The van der Waals surface area contributed by atoms with Crippen LogP contribution in [0.2, 0.25) is 0 Å². The molecule has 0 heterocycles. The minimum atomic E-state index is 0.0288. The summed E-state index contributed by atoms with van der Waals surface area (Å²) in [4.78, 5) is 21.9. The quantitative estimate of drug-likeness (QED) is 0.201. The Balaban J connectivity index is 3.13. The smallest absolute Gasteiger partial charge is 0.220 e. The van der Waals surface area contributed by atoms with E-state index in [9.17, 15) is 9.59 Å². The molecule has 1 amide bonds. The van der Waals surface area contributed by atoms with Crippen LogP contribution in [-0.2, 0) is 19.1 Å². The van der Waals surface area contributed by atoms with Gasteiger partial charge >= 0.3 is 0 Å². The molecule has 0 radical (unpaired) electrons. The Kier molecular flexibility index (Phi) is 23.2. The highest BCUT2D eigenvalue weighted by Gasteiger charge is 2.00. The van der Waals surface area contributed by atoms with Crippen molar-refractivity contribution >= 4 is 12.2 Å². The Hall–Kier alpha value is -0.980. The molecule has 0 aromatic rings. The summed E-state index contributed by atoms with van der Waals surface area (Å²) >= 11 is 0. The highest BCUT2D eigenvalue weighted by atomic mass is 16.5. The van der Waals surface area contributed by atoms with E-state index in [0.717, 1.165) is 32.0 Å². The fourth-order valence-electron chi connectivity index (χ4n) is 3.02. The molecule has 166 valence electrons. The summed E-state index contributed by atoms with van der Waals surface area (Å²) in [6, 6.07) is 0. The van der Waals surface area contributed by atoms with E-state index in [0.29, 0.717) is 39.4 Å². The van der Waals surface area contributed by atoms with E-state index in [1.54, 1.807) is 0 Å². The van der Waals surface area contributed by atoms with Crippen LogP contribution in [0.4, 0.5) is 0 Å². The van der Waals surface area contributed by atoms with Crippen LogP contribution in [0, 0.1) is 0 Å². The van der Waals surface area contributed by atoms with Crippen LogP contribution >= 0.6 is 0 Å². The van der Waals surface area contributed by atoms with Crippen molar-refractivity contribution in [1.29, 1.82) is 0 Å². The summed E-state index contributed by atoms with van der Waals surface area (Å²) in [5, 5.41) is 11.4. The lowest BCUT2D eigenvalue weighted by Gasteiger charge is -2.07. The Morgan fingerprint density at radius 1 is 0.714 bits per heavy atom. The van der Waals surface area contributed by atoms with E-state index < -0.39 is 0 Å². The van der Waals surface area contributed by atoms with E-state index in [2.05, 4.69) is 5.32 Å². The summed E-state index contributed by atoms with van der Waals surface area (Å²) < 4.78 is 10.4. The Morgan fingerprint density at radius 2 is 1.21 bits per heavy atom. The maximum atomic E-state index is 11.7. The van der Waals surface area contributed by atoms with E-state index in [1.807, 2.05) is 0 Å². The fraction of sp³-hybridized carbons (Fsp3) is 0.909. The van der Waals surface area contributed by atoms with Gasteiger partial charge in [-0.15, -0.1) is 0 Å². The minimum absolute atomic E-state index is 0.0288. The van der Waals surface area contributed by atoms with Gasteiger partial charge in [0.15, 0.2) is 0 Å². The molecule has 0 atom stereocenters. The van der Waals surface area contributed by atoms with Gasteiger partial charge in [-0.05, 0) is 12.8 Å². The fourth-order valence-corrected chi connectivity index (χ4v) is 3.02. The summed E-state index contributed by atoms with van der Waals surface area (Å²) in [7, 11) is 0. The van der Waals surface area contributed by atoms with Crippen molar-refractivity contribution in [2.75, 3.05) is 39.6 Å². The van der Waals surface area contributed by atoms with Gasteiger partial charge < -0.3 is 24.7 Å². The lowest BCUT2D eigenvalue weighted by Crippen LogP contribution is -2.27. The first-order valence-electron chi connectivity index (χ1n) is 11.3. The maximum Gasteiger partial charge on any atom is 0.220 e. The second kappa shape index (κ2) is 24.1. The summed E-state index contributed by atoms with van der Waals surface area (Å²) in [5.41, 5.74) is 0. The lowest BCUT2D eigenvalue weighted by atomic mass is 10.0. The normalized spacial score (nSPS) is 10.9. The molecule has 0 bridgehead atoms. The number of rotatable bonds is 23. The standard InChI is InChI=1S/C22H43NO5/c24-16-13-11-9-7-5-3-1-2-4-6-8-10-12-14-22(26)23-15-18-27-20-21-28-19-17-25/h16,25H,1-15,17-21H2,(H,23,26). The summed E-state index contributed by atoms with van der Waals surface area (Å²) in [6.45, 7) is 2.35. The Morgan fingerprint density at radius 3 is 1.75 bits per heavy atom. The van der Waals surface area contributed by atoms with Crippen LogP contribution in [0.15, 0.2) is 0 Å². The molecular formula is C22H43NO5. The van der Waals surface area contributed by atoms with E-state index in [1.165, 1.54) is 57.8 Å². The third-order valence-corrected chi connectivity index (χ3v) is 4.65. The number of hydrogen-bond donors (Lipinski definition) is 2. The molecule has 0 fully saturated rings. The molecule has 0 spiro atoms. The van der Waals surface area contributed by atoms with E-state index in [4.69, 9.17) is 14.6 Å². The first-order chi connectivity index (χ1) is 13.8. The van der Waals surface area contributed by atoms with Gasteiger partial charge in [-0.2, -0.15) is 0 Å². The average molecular weight is 402 g/mol. The minimum Gasteiger partial charge on any atom is -0.394 e. The first-order valence-corrected chi connectivity index (χ1v) is 11.3. The second-order valence-electron chi connectivity index (χ2n) is 7.25. The molecule has 0 unspecified atom stereocenters. The van der Waals surface area contributed by atoms with Gasteiger partial charge in [-0.1, -0.05) is 64.2 Å². The molecule has 0 aromatic carbocycles. The first kappa shape index (κ1) is 27.0. The van der Waals surface area contributed by atoms with Crippen molar-refractivity contribution < 1.29 is 24.2 Å². The van der Waals surface area contributed by atoms with Gasteiger partial charge in [0, 0.05) is 19.4 Å². The zero-order valence-corrected chi connectivity index (χ0v) is 17.8. The number of hydrogen-bond acceptors (Lipinski definition) is 5. The van der Waals surface area contributed by atoms with Crippen molar-refractivity contribution in [1.82, 2.24) is 5.32 Å².